The number of ether oxygens (including phenoxy) is 2. The molecule has 0 radical (unpaired) electrons. The molecule has 0 amide bonds. The summed E-state index contributed by atoms with van der Waals surface area (Å²) in [6.07, 6.45) is -0.828. The Hall–Kier alpha value is -0.470. The van der Waals surface area contributed by atoms with Crippen molar-refractivity contribution >= 4 is 0 Å². The summed E-state index contributed by atoms with van der Waals surface area (Å²) in [4.78, 5) is 0. The van der Waals surface area contributed by atoms with Gasteiger partial charge in [-0.15, -0.1) is 0 Å². The van der Waals surface area contributed by atoms with Crippen molar-refractivity contribution in [2.75, 3.05) is 13.5 Å². The van der Waals surface area contributed by atoms with Crippen LogP contribution in [0.5, 0.6) is 0 Å². The van der Waals surface area contributed by atoms with E-state index in [0.29, 0.717) is 23.7 Å². The predicted molar refractivity (Wildman–Crippen MR) is 76.4 cm³/mol. The number of aliphatic hydroxyl groups is 1. The molecule has 4 rings (SSSR count). The Morgan fingerprint density at radius 2 is 1.64 bits per heavy atom. The smallest absolute Gasteiger partial charge is 0.349 e. The van der Waals surface area contributed by atoms with Crippen molar-refractivity contribution in [2.24, 2.45) is 41.4 Å². The van der Waals surface area contributed by atoms with E-state index in [9.17, 15) is 22.0 Å². The van der Waals surface area contributed by atoms with E-state index in [4.69, 9.17) is 9.84 Å². The zero-order valence-electron chi connectivity index (χ0n) is 13.7. The minimum absolute atomic E-state index is 0.0576. The van der Waals surface area contributed by atoms with E-state index >= 15 is 0 Å². The second-order valence-electron chi connectivity index (χ2n) is 8.23. The second-order valence-corrected chi connectivity index (χ2v) is 8.23. The molecule has 9 atom stereocenters. The highest BCUT2D eigenvalue weighted by Gasteiger charge is 2.63. The van der Waals surface area contributed by atoms with E-state index in [2.05, 4.69) is 4.74 Å². The van der Waals surface area contributed by atoms with Gasteiger partial charge in [-0.2, -0.15) is 17.6 Å². The van der Waals surface area contributed by atoms with Gasteiger partial charge in [-0.05, 0) is 73.5 Å². The number of fused-ring (bicyclic) bond motifs is 9. The van der Waals surface area contributed by atoms with Gasteiger partial charge in [-0.25, -0.2) is 4.39 Å². The lowest BCUT2D eigenvalue weighted by Gasteiger charge is -2.40. The SMILES string of the molecule is OC(F)(OCOC(CF)C1CC2CC1C1C3CCC(C3)C21)C(F)(F)F. The lowest BCUT2D eigenvalue weighted by atomic mass is 9.66. The Morgan fingerprint density at radius 1 is 0.960 bits per heavy atom. The molecular formula is C17H23F5O3. The maximum absolute atomic E-state index is 13.5. The summed E-state index contributed by atoms with van der Waals surface area (Å²) in [5.41, 5.74) is 0. The van der Waals surface area contributed by atoms with Gasteiger partial charge in [-0.3, -0.25) is 4.74 Å². The summed E-state index contributed by atoms with van der Waals surface area (Å²) in [5, 5.41) is 8.61. The molecule has 0 aromatic rings. The Kier molecular flexibility index (Phi) is 4.32. The molecule has 3 nitrogen and oxygen atoms in total. The van der Waals surface area contributed by atoms with Crippen molar-refractivity contribution < 1.29 is 36.5 Å². The van der Waals surface area contributed by atoms with E-state index < -0.39 is 31.8 Å². The van der Waals surface area contributed by atoms with E-state index in [1.807, 2.05) is 0 Å². The van der Waals surface area contributed by atoms with Crippen molar-refractivity contribution in [1.82, 2.24) is 0 Å². The molecule has 4 fully saturated rings. The van der Waals surface area contributed by atoms with E-state index in [1.165, 1.54) is 19.3 Å². The van der Waals surface area contributed by atoms with Crippen LogP contribution in [0.3, 0.4) is 0 Å². The summed E-state index contributed by atoms with van der Waals surface area (Å²) in [7, 11) is 0. The lowest BCUT2D eigenvalue weighted by Crippen LogP contribution is -2.45. The standard InChI is InChI=1S/C17H23F5O3/c18-6-13(24-7-25-17(22,23)16(19,20)21)11-4-10-5-12(11)15-9-2-1-8(3-9)14(10)15/h8-15,23H,1-7H2. The van der Waals surface area contributed by atoms with Gasteiger partial charge in [0, 0.05) is 0 Å². The number of halogens is 5. The average Bonchev–Trinajstić information content (AvgIpc) is 3.27. The highest BCUT2D eigenvalue weighted by atomic mass is 19.4. The van der Waals surface area contributed by atoms with Crippen LogP contribution in [-0.2, 0) is 9.47 Å². The topological polar surface area (TPSA) is 38.7 Å². The third-order valence-corrected chi connectivity index (χ3v) is 7.30. The average molecular weight is 370 g/mol. The molecule has 0 aromatic carbocycles. The molecule has 4 aliphatic carbocycles. The van der Waals surface area contributed by atoms with Gasteiger partial charge in [0.05, 0.1) is 6.10 Å². The fourth-order valence-corrected chi connectivity index (χ4v) is 6.61. The summed E-state index contributed by atoms with van der Waals surface area (Å²) >= 11 is 0. The maximum atomic E-state index is 13.5. The van der Waals surface area contributed by atoms with Gasteiger partial charge in [0.15, 0.2) is 6.79 Å². The first-order valence-electron chi connectivity index (χ1n) is 9.02. The molecule has 8 heteroatoms. The molecule has 4 saturated carbocycles. The third-order valence-electron chi connectivity index (χ3n) is 7.30. The molecule has 0 spiro atoms. The van der Waals surface area contributed by atoms with Gasteiger partial charge >= 0.3 is 12.2 Å². The van der Waals surface area contributed by atoms with E-state index in [1.54, 1.807) is 0 Å². The van der Waals surface area contributed by atoms with Crippen LogP contribution in [0.15, 0.2) is 0 Å². The second kappa shape index (κ2) is 6.02. The molecule has 0 saturated heterocycles. The highest BCUT2D eigenvalue weighted by molar-refractivity contribution is 5.11. The van der Waals surface area contributed by atoms with Crippen LogP contribution in [-0.4, -0.2) is 36.9 Å². The van der Waals surface area contributed by atoms with Gasteiger partial charge in [0.2, 0.25) is 0 Å². The van der Waals surface area contributed by atoms with Crippen molar-refractivity contribution in [3.63, 3.8) is 0 Å². The Labute approximate surface area is 142 Å². The predicted octanol–water partition coefficient (Wildman–Crippen LogP) is 3.81. The monoisotopic (exact) mass is 370 g/mol. The number of alkyl halides is 5. The van der Waals surface area contributed by atoms with E-state index in [0.717, 1.165) is 24.7 Å². The molecule has 4 bridgehead atoms. The molecule has 1 N–H and O–H groups in total. The Balaban J connectivity index is 1.35. The lowest BCUT2D eigenvalue weighted by molar-refractivity contribution is -0.439. The summed E-state index contributed by atoms with van der Waals surface area (Å²) in [6.45, 7) is -1.98. The van der Waals surface area contributed by atoms with Crippen LogP contribution in [0.4, 0.5) is 22.0 Å². The van der Waals surface area contributed by atoms with Gasteiger partial charge < -0.3 is 9.84 Å². The van der Waals surface area contributed by atoms with Crippen LogP contribution in [0.2, 0.25) is 0 Å². The minimum atomic E-state index is -5.58. The third kappa shape index (κ3) is 2.79. The molecular weight excluding hydrogens is 347 g/mol. The van der Waals surface area contributed by atoms with Gasteiger partial charge in [-0.1, -0.05) is 0 Å². The normalized spacial score (nSPS) is 45.6. The summed E-state index contributed by atoms with van der Waals surface area (Å²) in [6, 6.07) is -4.78. The zero-order chi connectivity index (χ0) is 18.0. The maximum Gasteiger partial charge on any atom is 0.477 e. The number of hydrogen-bond acceptors (Lipinski definition) is 3. The van der Waals surface area contributed by atoms with Crippen molar-refractivity contribution in [3.8, 4) is 0 Å². The Morgan fingerprint density at radius 3 is 2.28 bits per heavy atom. The van der Waals surface area contributed by atoms with E-state index in [-0.39, 0.29) is 5.92 Å². The molecule has 9 unspecified atom stereocenters. The first-order chi connectivity index (χ1) is 11.7. The number of hydrogen-bond donors (Lipinski definition) is 1. The van der Waals surface area contributed by atoms with Crippen molar-refractivity contribution in [3.05, 3.63) is 0 Å². The summed E-state index contributed by atoms with van der Waals surface area (Å²) < 4.78 is 72.0. The minimum Gasteiger partial charge on any atom is -0.349 e. The molecule has 25 heavy (non-hydrogen) atoms. The number of rotatable bonds is 6. The first kappa shape index (κ1) is 17.9. The quantitative estimate of drug-likeness (QED) is 0.439. The van der Waals surface area contributed by atoms with Crippen LogP contribution in [0.25, 0.3) is 0 Å². The molecule has 0 heterocycles. The van der Waals surface area contributed by atoms with Crippen molar-refractivity contribution in [1.29, 1.82) is 0 Å². The molecule has 4 aliphatic rings. The molecule has 0 aromatic heterocycles. The van der Waals surface area contributed by atoms with Crippen molar-refractivity contribution in [2.45, 2.75) is 50.4 Å². The van der Waals surface area contributed by atoms with Gasteiger partial charge in [0.1, 0.15) is 6.67 Å². The van der Waals surface area contributed by atoms with Gasteiger partial charge in [0.25, 0.3) is 0 Å². The Bertz CT molecular complexity index is 511. The zero-order valence-corrected chi connectivity index (χ0v) is 13.7. The van der Waals surface area contributed by atoms with Crippen LogP contribution in [0, 0.1) is 41.4 Å². The fourth-order valence-electron chi connectivity index (χ4n) is 6.61. The van der Waals surface area contributed by atoms with Crippen LogP contribution in [0.1, 0.15) is 32.1 Å². The highest BCUT2D eigenvalue weighted by Crippen LogP contribution is 2.69. The summed E-state index contributed by atoms with van der Waals surface area (Å²) in [5.74, 6) is 3.67. The largest absolute Gasteiger partial charge is 0.477 e. The fraction of sp³-hybridized carbons (Fsp3) is 1.00. The first-order valence-corrected chi connectivity index (χ1v) is 9.02. The van der Waals surface area contributed by atoms with Crippen LogP contribution < -0.4 is 0 Å². The molecule has 0 aliphatic heterocycles. The van der Waals surface area contributed by atoms with Crippen LogP contribution >= 0.6 is 0 Å². The molecule has 144 valence electrons.